The highest BCUT2D eigenvalue weighted by Crippen LogP contribution is 2.64. The zero-order valence-electron chi connectivity index (χ0n) is 14.4. The molecule has 1 atom stereocenters. The Morgan fingerprint density at radius 3 is 2.43 bits per heavy atom. The van der Waals surface area contributed by atoms with Crippen LogP contribution < -0.4 is 5.32 Å². The summed E-state index contributed by atoms with van der Waals surface area (Å²) in [6.07, 6.45) is 13.6. The molecular formula is C19H32N2O2. The van der Waals surface area contributed by atoms with E-state index in [1.165, 1.54) is 44.9 Å². The van der Waals surface area contributed by atoms with E-state index < -0.39 is 0 Å². The van der Waals surface area contributed by atoms with Gasteiger partial charge < -0.3 is 10.4 Å². The van der Waals surface area contributed by atoms with Crippen LogP contribution in [0.25, 0.3) is 0 Å². The number of carbonyl (C=O) groups is 1. The Bertz CT molecular complexity index is 446. The maximum atomic E-state index is 12.7. The normalized spacial score (nSPS) is 32.7. The summed E-state index contributed by atoms with van der Waals surface area (Å²) < 4.78 is 0. The molecule has 1 unspecified atom stereocenters. The number of aliphatic hydroxyl groups is 1. The van der Waals surface area contributed by atoms with Crippen molar-refractivity contribution in [2.45, 2.75) is 82.7 Å². The second-order valence-corrected chi connectivity index (χ2v) is 8.92. The topological polar surface area (TPSA) is 52.6 Å². The molecule has 1 spiro atoms. The van der Waals surface area contributed by atoms with Crippen LogP contribution in [0.2, 0.25) is 0 Å². The van der Waals surface area contributed by atoms with E-state index in [0.717, 1.165) is 32.2 Å². The van der Waals surface area contributed by atoms with Gasteiger partial charge in [-0.3, -0.25) is 9.69 Å². The number of likely N-dealkylation sites (tertiary alicyclic amines) is 1. The molecule has 130 valence electrons. The molecular weight excluding hydrogens is 288 g/mol. The van der Waals surface area contributed by atoms with E-state index in [9.17, 15) is 9.90 Å². The van der Waals surface area contributed by atoms with E-state index in [1.807, 2.05) is 0 Å². The average molecular weight is 320 g/mol. The van der Waals surface area contributed by atoms with Gasteiger partial charge in [-0.05, 0) is 63.3 Å². The van der Waals surface area contributed by atoms with Gasteiger partial charge in [0.2, 0.25) is 5.91 Å². The molecule has 1 amide bonds. The minimum absolute atomic E-state index is 0.0210. The number of hydrogen-bond acceptors (Lipinski definition) is 3. The Hall–Kier alpha value is -0.610. The number of rotatable bonds is 5. The molecule has 4 fully saturated rings. The number of amides is 1. The molecule has 0 aromatic heterocycles. The highest BCUT2D eigenvalue weighted by Gasteiger charge is 2.56. The van der Waals surface area contributed by atoms with Gasteiger partial charge in [-0.15, -0.1) is 0 Å². The summed E-state index contributed by atoms with van der Waals surface area (Å²) in [4.78, 5) is 15.2. The lowest BCUT2D eigenvalue weighted by atomic mass is 9.45. The van der Waals surface area contributed by atoms with Gasteiger partial charge in [0, 0.05) is 18.0 Å². The Morgan fingerprint density at radius 2 is 1.83 bits per heavy atom. The Morgan fingerprint density at radius 1 is 1.09 bits per heavy atom. The van der Waals surface area contributed by atoms with Crippen LogP contribution in [0.5, 0.6) is 0 Å². The van der Waals surface area contributed by atoms with E-state index in [1.54, 1.807) is 0 Å². The number of carbonyl (C=O) groups excluding carboxylic acids is 1. The van der Waals surface area contributed by atoms with Crippen LogP contribution in [0.1, 0.15) is 70.6 Å². The van der Waals surface area contributed by atoms with Gasteiger partial charge in [0.25, 0.3) is 0 Å². The van der Waals surface area contributed by atoms with Gasteiger partial charge in [-0.2, -0.15) is 0 Å². The lowest BCUT2D eigenvalue weighted by Crippen LogP contribution is -2.58. The van der Waals surface area contributed by atoms with Crippen molar-refractivity contribution in [1.29, 1.82) is 0 Å². The van der Waals surface area contributed by atoms with Gasteiger partial charge in [-0.25, -0.2) is 0 Å². The Kier molecular flexibility index (Phi) is 4.17. The first-order valence-corrected chi connectivity index (χ1v) is 9.80. The molecule has 4 aliphatic rings. The third-order valence-corrected chi connectivity index (χ3v) is 7.28. The van der Waals surface area contributed by atoms with Crippen molar-refractivity contribution in [3.05, 3.63) is 0 Å². The molecule has 1 aliphatic heterocycles. The predicted octanol–water partition coefficient (Wildman–Crippen LogP) is 2.45. The molecule has 3 aliphatic carbocycles. The summed E-state index contributed by atoms with van der Waals surface area (Å²) >= 11 is 0. The Labute approximate surface area is 140 Å². The summed E-state index contributed by atoms with van der Waals surface area (Å²) in [5.74, 6) is 0.219. The quantitative estimate of drug-likeness (QED) is 0.818. The molecule has 1 saturated heterocycles. The van der Waals surface area contributed by atoms with Crippen molar-refractivity contribution < 1.29 is 9.90 Å². The molecule has 23 heavy (non-hydrogen) atoms. The van der Waals surface area contributed by atoms with Crippen molar-refractivity contribution in [1.82, 2.24) is 10.2 Å². The van der Waals surface area contributed by atoms with Crippen molar-refractivity contribution >= 4 is 5.91 Å². The first kappa shape index (κ1) is 15.9. The molecule has 4 heteroatoms. The molecule has 0 radical (unpaired) electrons. The maximum absolute atomic E-state index is 12.7. The van der Waals surface area contributed by atoms with E-state index >= 15 is 0 Å². The van der Waals surface area contributed by atoms with E-state index in [4.69, 9.17) is 0 Å². The van der Waals surface area contributed by atoms with Crippen molar-refractivity contribution in [3.8, 4) is 0 Å². The third kappa shape index (κ3) is 2.82. The maximum Gasteiger partial charge on any atom is 0.237 e. The van der Waals surface area contributed by atoms with Gasteiger partial charge in [-0.1, -0.05) is 19.3 Å². The second kappa shape index (κ2) is 6.03. The second-order valence-electron chi connectivity index (χ2n) is 8.92. The van der Waals surface area contributed by atoms with Crippen LogP contribution >= 0.6 is 0 Å². The van der Waals surface area contributed by atoms with Gasteiger partial charge in [0.1, 0.15) is 0 Å². The van der Waals surface area contributed by atoms with Gasteiger partial charge in [0.05, 0.1) is 12.6 Å². The fourth-order valence-corrected chi connectivity index (χ4v) is 6.00. The predicted molar refractivity (Wildman–Crippen MR) is 90.0 cm³/mol. The highest BCUT2D eigenvalue weighted by molar-refractivity contribution is 5.82. The SMILES string of the molecule is O=C(NCC1(CO)CC2(CCC2)C1)C1CCCN1C1CCCC1. The fourth-order valence-electron chi connectivity index (χ4n) is 6.00. The smallest absolute Gasteiger partial charge is 0.237 e. The van der Waals surface area contributed by atoms with Gasteiger partial charge >= 0.3 is 0 Å². The monoisotopic (exact) mass is 320 g/mol. The summed E-state index contributed by atoms with van der Waals surface area (Å²) in [6, 6.07) is 0.730. The summed E-state index contributed by atoms with van der Waals surface area (Å²) in [5, 5.41) is 13.0. The van der Waals surface area contributed by atoms with E-state index in [2.05, 4.69) is 10.2 Å². The largest absolute Gasteiger partial charge is 0.396 e. The molecule has 1 heterocycles. The van der Waals surface area contributed by atoms with Crippen molar-refractivity contribution in [2.24, 2.45) is 10.8 Å². The fraction of sp³-hybridized carbons (Fsp3) is 0.947. The van der Waals surface area contributed by atoms with Crippen LogP contribution in [-0.4, -0.2) is 47.7 Å². The summed E-state index contributed by atoms with van der Waals surface area (Å²) in [7, 11) is 0. The molecule has 0 aromatic rings. The number of hydrogen-bond donors (Lipinski definition) is 2. The van der Waals surface area contributed by atoms with Crippen LogP contribution in [0.15, 0.2) is 0 Å². The number of aliphatic hydroxyl groups excluding tert-OH is 1. The highest BCUT2D eigenvalue weighted by atomic mass is 16.3. The first-order valence-electron chi connectivity index (χ1n) is 9.80. The molecule has 2 N–H and O–H groups in total. The molecule has 4 nitrogen and oxygen atoms in total. The van der Waals surface area contributed by atoms with Gasteiger partial charge in [0.15, 0.2) is 0 Å². The third-order valence-electron chi connectivity index (χ3n) is 7.28. The molecule has 3 saturated carbocycles. The summed E-state index contributed by atoms with van der Waals surface area (Å²) in [5.41, 5.74) is 0.517. The van der Waals surface area contributed by atoms with Crippen LogP contribution in [0, 0.1) is 10.8 Å². The van der Waals surface area contributed by atoms with Crippen LogP contribution in [-0.2, 0) is 4.79 Å². The van der Waals surface area contributed by atoms with Crippen molar-refractivity contribution in [3.63, 3.8) is 0 Å². The number of nitrogens with one attached hydrogen (secondary N) is 1. The zero-order chi connectivity index (χ0) is 15.9. The molecule has 0 bridgehead atoms. The minimum Gasteiger partial charge on any atom is -0.396 e. The zero-order valence-corrected chi connectivity index (χ0v) is 14.4. The van der Waals surface area contributed by atoms with Crippen LogP contribution in [0.3, 0.4) is 0 Å². The lowest BCUT2D eigenvalue weighted by Gasteiger charge is -2.60. The van der Waals surface area contributed by atoms with Crippen molar-refractivity contribution in [2.75, 3.05) is 19.7 Å². The van der Waals surface area contributed by atoms with Crippen LogP contribution in [0.4, 0.5) is 0 Å². The number of nitrogens with zero attached hydrogens (tertiary/aromatic N) is 1. The Balaban J connectivity index is 1.30. The van der Waals surface area contributed by atoms with E-state index in [-0.39, 0.29) is 24.0 Å². The lowest BCUT2D eigenvalue weighted by molar-refractivity contribution is -0.135. The summed E-state index contributed by atoms with van der Waals surface area (Å²) in [6.45, 7) is 2.00. The minimum atomic E-state index is -0.0210. The molecule has 0 aromatic carbocycles. The first-order chi connectivity index (χ1) is 11.2. The average Bonchev–Trinajstić information content (AvgIpc) is 3.15. The molecule has 4 rings (SSSR count). The standard InChI is InChI=1S/C19H32N2O2/c22-14-19(11-18(12-19)8-4-9-18)13-20-17(23)16-7-3-10-21(16)15-5-1-2-6-15/h15-16,22H,1-14H2,(H,20,23). The van der Waals surface area contributed by atoms with E-state index in [0.29, 0.717) is 18.0 Å².